The quantitative estimate of drug-likeness (QED) is 0.623. The van der Waals surface area contributed by atoms with E-state index in [2.05, 4.69) is 39.0 Å². The van der Waals surface area contributed by atoms with Gasteiger partial charge in [-0.05, 0) is 56.5 Å². The van der Waals surface area contributed by atoms with Gasteiger partial charge in [-0.25, -0.2) is 8.78 Å². The van der Waals surface area contributed by atoms with Crippen molar-refractivity contribution in [1.29, 1.82) is 0 Å². The summed E-state index contributed by atoms with van der Waals surface area (Å²) in [7, 11) is 0. The molecule has 0 aliphatic rings. The minimum atomic E-state index is -0.791. The highest BCUT2D eigenvalue weighted by Gasteiger charge is 1.97. The van der Waals surface area contributed by atoms with E-state index in [4.69, 9.17) is 0 Å². The van der Waals surface area contributed by atoms with Crippen LogP contribution in [0.5, 0.6) is 0 Å². The molecule has 0 saturated heterocycles. The maximum atomic E-state index is 12.2. The van der Waals surface area contributed by atoms with E-state index in [0.717, 1.165) is 17.7 Å². The van der Waals surface area contributed by atoms with Crippen molar-refractivity contribution in [1.82, 2.24) is 0 Å². The monoisotopic (exact) mass is 248 g/mol. The summed E-state index contributed by atoms with van der Waals surface area (Å²) in [4.78, 5) is 0. The lowest BCUT2D eigenvalue weighted by atomic mass is 10.1. The smallest absolute Gasteiger partial charge is 0.159 e. The van der Waals surface area contributed by atoms with Crippen LogP contribution in [0.1, 0.15) is 22.3 Å². The van der Waals surface area contributed by atoms with E-state index in [-0.39, 0.29) is 0 Å². The third-order valence-electron chi connectivity index (χ3n) is 2.74. The second-order valence-electron chi connectivity index (χ2n) is 4.51. The minimum Gasteiger partial charge on any atom is -0.204 e. The normalized spacial score (nSPS) is 9.67. The highest BCUT2D eigenvalue weighted by Crippen LogP contribution is 2.07. The summed E-state index contributed by atoms with van der Waals surface area (Å²) in [5, 5.41) is 0. The lowest BCUT2D eigenvalue weighted by Gasteiger charge is -1.98. The molecule has 2 rings (SSSR count). The van der Waals surface area contributed by atoms with Gasteiger partial charge >= 0.3 is 0 Å². The lowest BCUT2D eigenvalue weighted by Crippen LogP contribution is -1.82. The molecule has 0 amide bonds. The Hall–Kier alpha value is -1.70. The number of hydrogen-bond donors (Lipinski definition) is 0. The molecule has 0 spiro atoms. The Kier molecular flexibility index (Phi) is 5.02. The van der Waals surface area contributed by atoms with Gasteiger partial charge in [0.1, 0.15) is 0 Å². The molecule has 0 heterocycles. The highest BCUT2D eigenvalue weighted by molar-refractivity contribution is 5.28. The van der Waals surface area contributed by atoms with Crippen molar-refractivity contribution in [3.8, 4) is 0 Å². The molecular weight excluding hydrogens is 230 g/mol. The molecule has 2 aromatic carbocycles. The molecule has 0 atom stereocenters. The van der Waals surface area contributed by atoms with Crippen LogP contribution in [-0.4, -0.2) is 0 Å². The molecule has 0 bridgehead atoms. The van der Waals surface area contributed by atoms with Crippen LogP contribution in [0.2, 0.25) is 0 Å². The molecular formula is C16H18F2. The summed E-state index contributed by atoms with van der Waals surface area (Å²) in [6, 6.07) is 10.3. The highest BCUT2D eigenvalue weighted by atomic mass is 19.2. The van der Waals surface area contributed by atoms with Gasteiger partial charge < -0.3 is 0 Å². The fraction of sp³-hybridized carbons (Fsp3) is 0.250. The van der Waals surface area contributed by atoms with E-state index >= 15 is 0 Å². The molecule has 0 saturated carbocycles. The van der Waals surface area contributed by atoms with Gasteiger partial charge in [0, 0.05) is 0 Å². The standard InChI is InChI=1S/C9H12.C7H6F2/c1-7-4-5-8(2)9(3)6-7;1-5-2-3-6(8)7(9)4-5/h4-6H,1-3H3;2-4H,1H3. The Labute approximate surface area is 107 Å². The van der Waals surface area contributed by atoms with Crippen LogP contribution in [0.25, 0.3) is 0 Å². The summed E-state index contributed by atoms with van der Waals surface area (Å²) >= 11 is 0. The predicted molar refractivity (Wildman–Crippen MR) is 71.7 cm³/mol. The molecule has 0 nitrogen and oxygen atoms in total. The Bertz CT molecular complexity index is 481. The molecule has 2 heteroatoms. The van der Waals surface area contributed by atoms with Gasteiger partial charge in [0.15, 0.2) is 11.6 Å². The zero-order chi connectivity index (χ0) is 13.7. The third kappa shape index (κ3) is 4.28. The van der Waals surface area contributed by atoms with Crippen LogP contribution in [0, 0.1) is 39.3 Å². The summed E-state index contributed by atoms with van der Waals surface area (Å²) in [6.07, 6.45) is 0. The minimum absolute atomic E-state index is 0.730. The second-order valence-corrected chi connectivity index (χ2v) is 4.51. The van der Waals surface area contributed by atoms with Gasteiger partial charge in [-0.15, -0.1) is 0 Å². The molecule has 18 heavy (non-hydrogen) atoms. The Morgan fingerprint density at radius 2 is 1.17 bits per heavy atom. The number of aryl methyl sites for hydroxylation is 4. The van der Waals surface area contributed by atoms with E-state index in [1.165, 1.54) is 22.8 Å². The van der Waals surface area contributed by atoms with Gasteiger partial charge in [-0.3, -0.25) is 0 Å². The summed E-state index contributed by atoms with van der Waals surface area (Å²) < 4.78 is 24.3. The first-order valence-electron chi connectivity index (χ1n) is 5.85. The molecule has 2 aromatic rings. The molecule has 0 radical (unpaired) electrons. The van der Waals surface area contributed by atoms with Crippen LogP contribution in [0.4, 0.5) is 8.78 Å². The van der Waals surface area contributed by atoms with E-state index in [0.29, 0.717) is 0 Å². The summed E-state index contributed by atoms with van der Waals surface area (Å²) in [5.41, 5.74) is 4.84. The largest absolute Gasteiger partial charge is 0.204 e. The van der Waals surface area contributed by atoms with Crippen LogP contribution < -0.4 is 0 Å². The topological polar surface area (TPSA) is 0 Å². The Balaban J connectivity index is 0.000000180. The van der Waals surface area contributed by atoms with Crippen molar-refractivity contribution in [2.24, 2.45) is 0 Å². The predicted octanol–water partition coefficient (Wildman–Crippen LogP) is 4.89. The van der Waals surface area contributed by atoms with Crippen molar-refractivity contribution in [3.63, 3.8) is 0 Å². The van der Waals surface area contributed by atoms with Crippen LogP contribution in [0.3, 0.4) is 0 Å². The van der Waals surface area contributed by atoms with Crippen LogP contribution in [-0.2, 0) is 0 Å². The van der Waals surface area contributed by atoms with Gasteiger partial charge in [-0.2, -0.15) is 0 Å². The summed E-state index contributed by atoms with van der Waals surface area (Å²) in [6.45, 7) is 8.10. The fourth-order valence-electron chi connectivity index (χ4n) is 1.49. The van der Waals surface area contributed by atoms with E-state index < -0.39 is 11.6 Å². The Morgan fingerprint density at radius 3 is 1.61 bits per heavy atom. The van der Waals surface area contributed by atoms with Crippen molar-refractivity contribution >= 4 is 0 Å². The first kappa shape index (κ1) is 14.4. The van der Waals surface area contributed by atoms with Gasteiger partial charge in [-0.1, -0.05) is 29.8 Å². The molecule has 0 fully saturated rings. The third-order valence-corrected chi connectivity index (χ3v) is 2.74. The van der Waals surface area contributed by atoms with Gasteiger partial charge in [0.2, 0.25) is 0 Å². The van der Waals surface area contributed by atoms with E-state index in [1.54, 1.807) is 6.92 Å². The van der Waals surface area contributed by atoms with Crippen molar-refractivity contribution < 1.29 is 8.78 Å². The van der Waals surface area contributed by atoms with Crippen LogP contribution >= 0.6 is 0 Å². The first-order valence-corrected chi connectivity index (χ1v) is 5.85. The molecule has 0 aromatic heterocycles. The maximum absolute atomic E-state index is 12.2. The van der Waals surface area contributed by atoms with E-state index in [1.807, 2.05) is 0 Å². The molecule has 96 valence electrons. The van der Waals surface area contributed by atoms with Crippen LogP contribution in [0.15, 0.2) is 36.4 Å². The number of benzene rings is 2. The number of hydrogen-bond acceptors (Lipinski definition) is 0. The number of rotatable bonds is 0. The van der Waals surface area contributed by atoms with E-state index in [9.17, 15) is 8.78 Å². The number of halogens is 2. The average molecular weight is 248 g/mol. The zero-order valence-electron chi connectivity index (χ0n) is 11.2. The van der Waals surface area contributed by atoms with Crippen molar-refractivity contribution in [2.75, 3.05) is 0 Å². The Morgan fingerprint density at radius 1 is 0.611 bits per heavy atom. The molecule has 0 unspecified atom stereocenters. The van der Waals surface area contributed by atoms with Crippen molar-refractivity contribution in [2.45, 2.75) is 27.7 Å². The molecule has 0 aliphatic heterocycles. The van der Waals surface area contributed by atoms with Gasteiger partial charge in [0.25, 0.3) is 0 Å². The average Bonchev–Trinajstić information content (AvgIpc) is 2.30. The second kappa shape index (κ2) is 6.29. The lowest BCUT2D eigenvalue weighted by molar-refractivity contribution is 0.508. The zero-order valence-corrected chi connectivity index (χ0v) is 11.2. The fourth-order valence-corrected chi connectivity index (χ4v) is 1.49. The van der Waals surface area contributed by atoms with Gasteiger partial charge in [0.05, 0.1) is 0 Å². The molecule has 0 aliphatic carbocycles. The summed E-state index contributed by atoms with van der Waals surface area (Å²) in [5.74, 6) is -1.57. The molecule has 0 N–H and O–H groups in total. The van der Waals surface area contributed by atoms with Crippen molar-refractivity contribution in [3.05, 3.63) is 70.3 Å². The first-order chi connectivity index (χ1) is 8.40. The SMILES string of the molecule is Cc1ccc(C)c(C)c1.Cc1ccc(F)c(F)c1. The maximum Gasteiger partial charge on any atom is 0.159 e.